The molecule has 0 aliphatic heterocycles. The predicted octanol–water partition coefficient (Wildman–Crippen LogP) is 4.21. The number of aromatic nitrogens is 4. The lowest BCUT2D eigenvalue weighted by atomic mass is 10.2. The lowest BCUT2D eigenvalue weighted by molar-refractivity contribution is 0.476. The van der Waals surface area contributed by atoms with Gasteiger partial charge in [-0.25, -0.2) is 9.97 Å². The molecular weight excluding hydrogens is 352 g/mol. The van der Waals surface area contributed by atoms with E-state index in [1.54, 1.807) is 24.3 Å². The summed E-state index contributed by atoms with van der Waals surface area (Å²) in [4.78, 5) is 9.61. The number of aromatic hydroxyl groups is 2. The summed E-state index contributed by atoms with van der Waals surface area (Å²) in [6.45, 7) is 0. The summed E-state index contributed by atoms with van der Waals surface area (Å²) in [6.07, 6.45) is 0. The molecule has 3 aromatic carbocycles. The summed E-state index contributed by atoms with van der Waals surface area (Å²) in [5, 5.41) is 20.5. The maximum atomic E-state index is 10.3. The summed E-state index contributed by atoms with van der Waals surface area (Å²) >= 11 is 0. The monoisotopic (exact) mass is 370 g/mol. The maximum Gasteiger partial charge on any atom is 0.144 e. The van der Waals surface area contributed by atoms with Crippen molar-refractivity contribution in [3.8, 4) is 34.3 Å². The van der Waals surface area contributed by atoms with Crippen LogP contribution in [0.15, 0.2) is 60.7 Å². The van der Waals surface area contributed by atoms with E-state index in [0.29, 0.717) is 22.8 Å². The Hall–Kier alpha value is -3.80. The molecule has 138 valence electrons. The highest BCUT2D eigenvalue weighted by molar-refractivity contribution is 6.03. The first-order valence-corrected chi connectivity index (χ1v) is 8.95. The van der Waals surface area contributed by atoms with Crippen molar-refractivity contribution in [3.05, 3.63) is 60.7 Å². The number of benzene rings is 3. The molecule has 2 heterocycles. The van der Waals surface area contributed by atoms with Crippen molar-refractivity contribution in [2.45, 2.75) is 0 Å². The number of nitrogens with zero attached hydrogens (tertiary/aromatic N) is 4. The zero-order chi connectivity index (χ0) is 19.4. The number of fused-ring (bicyclic) bond motifs is 3. The average Bonchev–Trinajstić information content (AvgIpc) is 3.20. The van der Waals surface area contributed by atoms with Gasteiger partial charge in [0.1, 0.15) is 34.2 Å². The van der Waals surface area contributed by atoms with Gasteiger partial charge in [-0.1, -0.05) is 24.3 Å². The van der Waals surface area contributed by atoms with Crippen LogP contribution in [0.3, 0.4) is 0 Å². The van der Waals surface area contributed by atoms with Crippen molar-refractivity contribution in [1.29, 1.82) is 0 Å². The Morgan fingerprint density at radius 1 is 0.607 bits per heavy atom. The van der Waals surface area contributed by atoms with Gasteiger partial charge in [-0.3, -0.25) is 0 Å². The van der Waals surface area contributed by atoms with E-state index < -0.39 is 0 Å². The smallest absolute Gasteiger partial charge is 0.144 e. The molecule has 28 heavy (non-hydrogen) atoms. The van der Waals surface area contributed by atoms with Crippen LogP contribution < -0.4 is 0 Å². The van der Waals surface area contributed by atoms with E-state index in [2.05, 4.69) is 0 Å². The molecule has 6 heteroatoms. The highest BCUT2D eigenvalue weighted by atomic mass is 16.3. The van der Waals surface area contributed by atoms with Crippen LogP contribution in [-0.2, 0) is 14.1 Å². The maximum absolute atomic E-state index is 10.3. The van der Waals surface area contributed by atoms with Crippen molar-refractivity contribution in [1.82, 2.24) is 19.1 Å². The van der Waals surface area contributed by atoms with Crippen LogP contribution in [0.1, 0.15) is 0 Å². The second kappa shape index (κ2) is 5.85. The van der Waals surface area contributed by atoms with Crippen molar-refractivity contribution in [2.75, 3.05) is 0 Å². The largest absolute Gasteiger partial charge is 0.507 e. The fourth-order valence-electron chi connectivity index (χ4n) is 3.72. The van der Waals surface area contributed by atoms with Gasteiger partial charge >= 0.3 is 0 Å². The van der Waals surface area contributed by atoms with E-state index in [9.17, 15) is 10.2 Å². The first kappa shape index (κ1) is 16.4. The van der Waals surface area contributed by atoms with Crippen molar-refractivity contribution in [3.63, 3.8) is 0 Å². The Bertz CT molecular complexity index is 1260. The number of para-hydroxylation sites is 2. The molecule has 0 spiro atoms. The Labute approximate surface area is 161 Å². The molecule has 5 aromatic rings. The van der Waals surface area contributed by atoms with Crippen LogP contribution in [-0.4, -0.2) is 29.3 Å². The summed E-state index contributed by atoms with van der Waals surface area (Å²) in [5.74, 6) is 1.73. The van der Waals surface area contributed by atoms with Crippen LogP contribution in [0.5, 0.6) is 11.5 Å². The Kier molecular flexibility index (Phi) is 3.42. The van der Waals surface area contributed by atoms with E-state index in [0.717, 1.165) is 22.1 Å². The number of imidazole rings is 2. The summed E-state index contributed by atoms with van der Waals surface area (Å²) in [6, 6.07) is 18.3. The van der Waals surface area contributed by atoms with E-state index >= 15 is 0 Å². The summed E-state index contributed by atoms with van der Waals surface area (Å²) in [7, 11) is 3.85. The third-order valence-electron chi connectivity index (χ3n) is 5.19. The van der Waals surface area contributed by atoms with Gasteiger partial charge in [0, 0.05) is 14.1 Å². The molecule has 0 atom stereocenters. The molecule has 6 nitrogen and oxygen atoms in total. The molecule has 0 aliphatic carbocycles. The van der Waals surface area contributed by atoms with Gasteiger partial charge in [0.2, 0.25) is 0 Å². The summed E-state index contributed by atoms with van der Waals surface area (Å²) in [5.41, 5.74) is 4.71. The molecule has 0 saturated carbocycles. The lowest BCUT2D eigenvalue weighted by Crippen LogP contribution is -1.93. The molecule has 0 radical (unpaired) electrons. The minimum absolute atomic E-state index is 0.188. The molecule has 2 aromatic heterocycles. The van der Waals surface area contributed by atoms with Crippen LogP contribution >= 0.6 is 0 Å². The molecule has 2 N–H and O–H groups in total. The zero-order valence-corrected chi connectivity index (χ0v) is 15.5. The number of rotatable bonds is 2. The first-order valence-electron chi connectivity index (χ1n) is 8.95. The molecule has 0 saturated heterocycles. The zero-order valence-electron chi connectivity index (χ0n) is 15.5. The van der Waals surface area contributed by atoms with Gasteiger partial charge in [-0.2, -0.15) is 0 Å². The quantitative estimate of drug-likeness (QED) is 0.488. The number of hydrogen-bond acceptors (Lipinski definition) is 4. The fourth-order valence-corrected chi connectivity index (χ4v) is 3.72. The Morgan fingerprint density at radius 3 is 1.39 bits per heavy atom. The molecule has 0 fully saturated rings. The SMILES string of the molecule is Cn1c(-c2ccccc2O)nc2c3nc(-c4ccccc4O)n(C)c3ccc21. The topological polar surface area (TPSA) is 76.1 Å². The molecule has 0 amide bonds. The third-order valence-corrected chi connectivity index (χ3v) is 5.19. The van der Waals surface area contributed by atoms with E-state index in [1.807, 2.05) is 59.6 Å². The van der Waals surface area contributed by atoms with Gasteiger partial charge in [0.15, 0.2) is 0 Å². The standard InChI is InChI=1S/C22H18N4O2/c1-25-15-11-12-16-20(19(15)23-21(25)13-7-3-5-9-17(13)27)24-22(26(16)2)14-8-4-6-10-18(14)28/h3-12,27-28H,1-2H3. The van der Waals surface area contributed by atoms with E-state index in [1.165, 1.54) is 0 Å². The molecular formula is C22H18N4O2. The molecule has 0 aliphatic rings. The lowest BCUT2D eigenvalue weighted by Gasteiger charge is -2.05. The van der Waals surface area contributed by atoms with Gasteiger partial charge in [-0.15, -0.1) is 0 Å². The average molecular weight is 370 g/mol. The summed E-state index contributed by atoms with van der Waals surface area (Å²) < 4.78 is 3.91. The van der Waals surface area contributed by atoms with Crippen LogP contribution in [0.25, 0.3) is 44.8 Å². The minimum atomic E-state index is 0.188. The Morgan fingerprint density at radius 2 is 1.00 bits per heavy atom. The van der Waals surface area contributed by atoms with E-state index in [4.69, 9.17) is 9.97 Å². The second-order valence-corrected chi connectivity index (χ2v) is 6.82. The highest BCUT2D eigenvalue weighted by Crippen LogP contribution is 2.35. The normalized spacial score (nSPS) is 11.5. The van der Waals surface area contributed by atoms with Crippen molar-refractivity contribution >= 4 is 22.1 Å². The second-order valence-electron chi connectivity index (χ2n) is 6.82. The fraction of sp³-hybridized carbons (Fsp3) is 0.0909. The number of phenolic OH excluding ortho intramolecular Hbond substituents is 2. The third kappa shape index (κ3) is 2.21. The predicted molar refractivity (Wildman–Crippen MR) is 109 cm³/mol. The van der Waals surface area contributed by atoms with Crippen LogP contribution in [0.4, 0.5) is 0 Å². The number of hydrogen-bond donors (Lipinski definition) is 2. The van der Waals surface area contributed by atoms with Gasteiger partial charge in [0.25, 0.3) is 0 Å². The molecule has 0 bridgehead atoms. The van der Waals surface area contributed by atoms with Crippen LogP contribution in [0, 0.1) is 0 Å². The number of aryl methyl sites for hydroxylation is 2. The van der Waals surface area contributed by atoms with Crippen molar-refractivity contribution < 1.29 is 10.2 Å². The minimum Gasteiger partial charge on any atom is -0.507 e. The van der Waals surface area contributed by atoms with Crippen molar-refractivity contribution in [2.24, 2.45) is 14.1 Å². The number of phenols is 2. The van der Waals surface area contributed by atoms with Gasteiger partial charge < -0.3 is 19.3 Å². The molecule has 5 rings (SSSR count). The molecule has 0 unspecified atom stereocenters. The highest BCUT2D eigenvalue weighted by Gasteiger charge is 2.19. The van der Waals surface area contributed by atoms with Gasteiger partial charge in [-0.05, 0) is 36.4 Å². The van der Waals surface area contributed by atoms with Gasteiger partial charge in [0.05, 0.1) is 22.2 Å². The first-order chi connectivity index (χ1) is 13.6. The van der Waals surface area contributed by atoms with Crippen LogP contribution in [0.2, 0.25) is 0 Å². The Balaban J connectivity index is 1.82. The van der Waals surface area contributed by atoms with E-state index in [-0.39, 0.29) is 11.5 Å².